The summed E-state index contributed by atoms with van der Waals surface area (Å²) in [4.78, 5) is 23.1. The number of nitrogens with one attached hydrogen (secondary N) is 1. The van der Waals surface area contributed by atoms with Crippen molar-refractivity contribution in [2.45, 2.75) is 45.7 Å². The van der Waals surface area contributed by atoms with Gasteiger partial charge in [-0.3, -0.25) is 4.79 Å². The quantitative estimate of drug-likeness (QED) is 0.557. The maximum Gasteiger partial charge on any atom is 0.220 e. The minimum atomic E-state index is 0.0971. The summed E-state index contributed by atoms with van der Waals surface area (Å²) in [6, 6.07) is 0. The van der Waals surface area contributed by atoms with E-state index in [0.717, 1.165) is 41.7 Å². The number of hydrogen-bond acceptors (Lipinski definition) is 5. The summed E-state index contributed by atoms with van der Waals surface area (Å²) in [6.45, 7) is 11.9. The molecule has 1 rings (SSSR count). The molecule has 0 unspecified atom stereocenters. The molecule has 6 heteroatoms. The summed E-state index contributed by atoms with van der Waals surface area (Å²) in [6.07, 6.45) is 3.16. The van der Waals surface area contributed by atoms with Crippen LogP contribution in [-0.2, 0) is 11.2 Å². The fourth-order valence-electron chi connectivity index (χ4n) is 2.38. The average molecular weight is 324 g/mol. The van der Waals surface area contributed by atoms with Gasteiger partial charge in [0.15, 0.2) is 5.16 Å². The number of hydrogen-bond donors (Lipinski definition) is 1. The molecule has 1 N–H and O–H groups in total. The summed E-state index contributed by atoms with van der Waals surface area (Å²) < 4.78 is 0. The number of carbonyl (C=O) groups is 1. The number of thioether (sulfide) groups is 1. The molecule has 1 aromatic heterocycles. The van der Waals surface area contributed by atoms with Crippen LogP contribution in [0.15, 0.2) is 5.16 Å². The largest absolute Gasteiger partial charge is 0.355 e. The highest BCUT2D eigenvalue weighted by atomic mass is 32.2. The Bertz CT molecular complexity index is 466. The van der Waals surface area contributed by atoms with Gasteiger partial charge in [0.05, 0.1) is 0 Å². The van der Waals surface area contributed by atoms with Crippen molar-refractivity contribution in [3.8, 4) is 0 Å². The van der Waals surface area contributed by atoms with E-state index in [4.69, 9.17) is 0 Å². The van der Waals surface area contributed by atoms with Gasteiger partial charge in [0, 0.05) is 30.9 Å². The van der Waals surface area contributed by atoms with Gasteiger partial charge >= 0.3 is 0 Å². The van der Waals surface area contributed by atoms with Crippen LogP contribution in [0.4, 0.5) is 0 Å². The van der Waals surface area contributed by atoms with Gasteiger partial charge in [-0.2, -0.15) is 0 Å². The van der Waals surface area contributed by atoms with Crippen molar-refractivity contribution < 1.29 is 4.79 Å². The van der Waals surface area contributed by atoms with Gasteiger partial charge < -0.3 is 10.2 Å². The third kappa shape index (κ3) is 5.93. The zero-order valence-corrected chi connectivity index (χ0v) is 15.2. The van der Waals surface area contributed by atoms with E-state index in [9.17, 15) is 4.79 Å². The van der Waals surface area contributed by atoms with Crippen molar-refractivity contribution in [3.63, 3.8) is 0 Å². The van der Waals surface area contributed by atoms with E-state index < -0.39 is 0 Å². The second-order valence-electron chi connectivity index (χ2n) is 5.24. The number of aromatic nitrogens is 2. The van der Waals surface area contributed by atoms with Gasteiger partial charge in [-0.25, -0.2) is 9.97 Å². The number of likely N-dealkylation sites (N-methyl/N-ethyl adjacent to an activating group) is 1. The molecule has 0 aliphatic heterocycles. The summed E-state index contributed by atoms with van der Waals surface area (Å²) in [5.74, 6) is 0.0971. The number of amides is 1. The summed E-state index contributed by atoms with van der Waals surface area (Å²) >= 11 is 1.54. The lowest BCUT2D eigenvalue weighted by molar-refractivity contribution is -0.121. The summed E-state index contributed by atoms with van der Waals surface area (Å²) in [5.41, 5.74) is 3.05. The van der Waals surface area contributed by atoms with E-state index in [2.05, 4.69) is 34.0 Å². The second kappa shape index (κ2) is 9.79. The van der Waals surface area contributed by atoms with Crippen molar-refractivity contribution in [2.75, 3.05) is 32.4 Å². The van der Waals surface area contributed by atoms with Gasteiger partial charge in [-0.15, -0.1) is 0 Å². The Morgan fingerprint density at radius 3 is 2.27 bits per heavy atom. The molecule has 1 amide bonds. The van der Waals surface area contributed by atoms with Gasteiger partial charge in [-0.1, -0.05) is 25.6 Å². The molecule has 0 aromatic carbocycles. The summed E-state index contributed by atoms with van der Waals surface area (Å²) in [5, 5.41) is 3.78. The van der Waals surface area contributed by atoms with Crippen LogP contribution in [0.25, 0.3) is 0 Å². The first-order valence-electron chi connectivity index (χ1n) is 7.88. The predicted molar refractivity (Wildman–Crippen MR) is 92.4 cm³/mol. The first kappa shape index (κ1) is 18.9. The fraction of sp³-hybridized carbons (Fsp3) is 0.688. The van der Waals surface area contributed by atoms with Crippen molar-refractivity contribution >= 4 is 17.7 Å². The van der Waals surface area contributed by atoms with E-state index in [0.29, 0.717) is 19.4 Å². The maximum absolute atomic E-state index is 11.9. The molecule has 1 heterocycles. The molecular weight excluding hydrogens is 296 g/mol. The van der Waals surface area contributed by atoms with E-state index in [1.165, 1.54) is 0 Å². The van der Waals surface area contributed by atoms with E-state index in [1.54, 1.807) is 11.8 Å². The lowest BCUT2D eigenvalue weighted by Crippen LogP contribution is -2.34. The molecule has 0 saturated heterocycles. The molecule has 5 nitrogen and oxygen atoms in total. The Kier molecular flexibility index (Phi) is 8.42. The fourth-order valence-corrected chi connectivity index (χ4v) is 2.84. The zero-order chi connectivity index (χ0) is 16.5. The number of carbonyl (C=O) groups excluding carboxylic acids is 1. The molecule has 0 radical (unpaired) electrons. The van der Waals surface area contributed by atoms with Crippen LogP contribution in [0.1, 0.15) is 37.2 Å². The number of nitrogens with zero attached hydrogens (tertiary/aromatic N) is 3. The van der Waals surface area contributed by atoms with E-state index in [-0.39, 0.29) is 5.91 Å². The van der Waals surface area contributed by atoms with Gasteiger partial charge in [0.2, 0.25) is 5.91 Å². The molecule has 0 spiro atoms. The molecule has 0 bridgehead atoms. The molecule has 0 saturated carbocycles. The molecule has 0 atom stereocenters. The Morgan fingerprint density at radius 1 is 1.18 bits per heavy atom. The lowest BCUT2D eigenvalue weighted by atomic mass is 10.1. The smallest absolute Gasteiger partial charge is 0.220 e. The molecular formula is C16H28N4OS. The van der Waals surface area contributed by atoms with Crippen LogP contribution in [0.5, 0.6) is 0 Å². The van der Waals surface area contributed by atoms with Crippen LogP contribution in [0.3, 0.4) is 0 Å². The molecule has 0 fully saturated rings. The average Bonchev–Trinajstić information content (AvgIpc) is 2.50. The van der Waals surface area contributed by atoms with Crippen molar-refractivity contribution in [1.29, 1.82) is 0 Å². The molecule has 0 aliphatic rings. The minimum Gasteiger partial charge on any atom is -0.355 e. The Morgan fingerprint density at radius 2 is 1.77 bits per heavy atom. The maximum atomic E-state index is 11.9. The minimum absolute atomic E-state index is 0.0971. The van der Waals surface area contributed by atoms with E-state index in [1.807, 2.05) is 20.1 Å². The highest BCUT2D eigenvalue weighted by Gasteiger charge is 2.10. The molecule has 124 valence electrons. The summed E-state index contributed by atoms with van der Waals surface area (Å²) in [7, 11) is 0. The van der Waals surface area contributed by atoms with Crippen LogP contribution in [-0.4, -0.2) is 53.2 Å². The number of aryl methyl sites for hydroxylation is 2. The lowest BCUT2D eigenvalue weighted by Gasteiger charge is -2.18. The van der Waals surface area contributed by atoms with Crippen molar-refractivity contribution in [3.05, 3.63) is 17.0 Å². The monoisotopic (exact) mass is 324 g/mol. The zero-order valence-electron chi connectivity index (χ0n) is 14.4. The van der Waals surface area contributed by atoms with E-state index >= 15 is 0 Å². The van der Waals surface area contributed by atoms with Crippen LogP contribution in [0, 0.1) is 13.8 Å². The Labute approximate surface area is 138 Å². The Hall–Kier alpha value is -1.14. The van der Waals surface area contributed by atoms with Crippen LogP contribution < -0.4 is 5.32 Å². The second-order valence-corrected chi connectivity index (χ2v) is 6.01. The Balaban J connectivity index is 2.44. The highest BCUT2D eigenvalue weighted by Crippen LogP contribution is 2.16. The van der Waals surface area contributed by atoms with Gasteiger partial charge in [0.1, 0.15) is 0 Å². The standard InChI is InChI=1S/C16H28N4OS/c1-6-20(7-2)11-10-17-15(21)9-8-14-12(3)18-16(22-5)19-13(14)4/h6-11H2,1-5H3,(H,17,21). The van der Waals surface area contributed by atoms with Crippen LogP contribution >= 0.6 is 11.8 Å². The third-order valence-electron chi connectivity index (χ3n) is 3.83. The predicted octanol–water partition coefficient (Wildman–Crippen LogP) is 2.21. The number of rotatable bonds is 9. The SMILES string of the molecule is CCN(CC)CCNC(=O)CCc1c(C)nc(SC)nc1C. The van der Waals surface area contributed by atoms with Crippen molar-refractivity contribution in [1.82, 2.24) is 20.2 Å². The van der Waals surface area contributed by atoms with Gasteiger partial charge in [0.25, 0.3) is 0 Å². The first-order chi connectivity index (χ1) is 10.5. The third-order valence-corrected chi connectivity index (χ3v) is 4.38. The van der Waals surface area contributed by atoms with Crippen LogP contribution in [0.2, 0.25) is 0 Å². The molecule has 0 aliphatic carbocycles. The first-order valence-corrected chi connectivity index (χ1v) is 9.11. The highest BCUT2D eigenvalue weighted by molar-refractivity contribution is 7.98. The van der Waals surface area contributed by atoms with Crippen molar-refractivity contribution in [2.24, 2.45) is 0 Å². The topological polar surface area (TPSA) is 58.1 Å². The molecule has 1 aromatic rings. The van der Waals surface area contributed by atoms with Gasteiger partial charge in [-0.05, 0) is 45.2 Å². The normalized spacial score (nSPS) is 11.0. The molecule has 22 heavy (non-hydrogen) atoms.